The van der Waals surface area contributed by atoms with Crippen molar-refractivity contribution in [3.63, 3.8) is 0 Å². The van der Waals surface area contributed by atoms with Gasteiger partial charge in [-0.05, 0) is 57.5 Å². The predicted octanol–water partition coefficient (Wildman–Crippen LogP) is 4.73. The van der Waals surface area contributed by atoms with Crippen molar-refractivity contribution in [2.45, 2.75) is 39.8 Å². The van der Waals surface area contributed by atoms with Gasteiger partial charge in [-0.3, -0.25) is 4.79 Å². The molecule has 4 rings (SSSR count). The molecule has 1 aliphatic rings. The molecule has 2 heterocycles. The Morgan fingerprint density at radius 2 is 1.97 bits per heavy atom. The highest BCUT2D eigenvalue weighted by Crippen LogP contribution is 2.35. The number of nitrogens with zero attached hydrogens (tertiary/aromatic N) is 1. The molecule has 6 nitrogen and oxygen atoms in total. The van der Waals surface area contributed by atoms with E-state index in [1.807, 2.05) is 70.2 Å². The summed E-state index contributed by atoms with van der Waals surface area (Å²) in [5, 5.41) is 3.70. The van der Waals surface area contributed by atoms with Gasteiger partial charge in [-0.25, -0.2) is 9.36 Å². The van der Waals surface area contributed by atoms with Crippen LogP contribution in [-0.2, 0) is 11.3 Å². The molecule has 2 aromatic carbocycles. The van der Waals surface area contributed by atoms with Gasteiger partial charge in [0.25, 0.3) is 5.91 Å². The highest BCUT2D eigenvalue weighted by atomic mass is 16.6. The zero-order valence-corrected chi connectivity index (χ0v) is 17.0. The van der Waals surface area contributed by atoms with Crippen LogP contribution in [0, 0.1) is 0 Å². The molecule has 1 aromatic heterocycles. The molecular weight excluding hydrogens is 368 g/mol. The van der Waals surface area contributed by atoms with Gasteiger partial charge in [0.15, 0.2) is 0 Å². The number of carbonyl (C=O) groups is 2. The number of nitrogens with one attached hydrogen (secondary N) is 1. The van der Waals surface area contributed by atoms with Gasteiger partial charge in [0.05, 0.1) is 23.4 Å². The van der Waals surface area contributed by atoms with Gasteiger partial charge in [-0.1, -0.05) is 18.2 Å². The van der Waals surface area contributed by atoms with Crippen molar-refractivity contribution < 1.29 is 19.1 Å². The first-order chi connectivity index (χ1) is 13.8. The fourth-order valence-electron chi connectivity index (χ4n) is 3.65. The van der Waals surface area contributed by atoms with Crippen LogP contribution in [-0.4, -0.2) is 28.8 Å². The summed E-state index contributed by atoms with van der Waals surface area (Å²) in [6.07, 6.45) is -0.484. The molecule has 1 amide bonds. The summed E-state index contributed by atoms with van der Waals surface area (Å²) in [4.78, 5) is 25.6. The maximum Gasteiger partial charge on any atom is 0.419 e. The second-order valence-corrected chi connectivity index (χ2v) is 8.02. The quantitative estimate of drug-likeness (QED) is 0.699. The van der Waals surface area contributed by atoms with Gasteiger partial charge in [0.2, 0.25) is 0 Å². The summed E-state index contributed by atoms with van der Waals surface area (Å²) in [5.74, 6) is 0.593. The lowest BCUT2D eigenvalue weighted by Gasteiger charge is -2.21. The topological polar surface area (TPSA) is 69.6 Å². The van der Waals surface area contributed by atoms with Crippen molar-refractivity contribution in [2.75, 3.05) is 6.61 Å². The predicted molar refractivity (Wildman–Crippen MR) is 111 cm³/mol. The lowest BCUT2D eigenvalue weighted by atomic mass is 10.0. The van der Waals surface area contributed by atoms with Crippen LogP contribution < -0.4 is 10.1 Å². The zero-order valence-electron chi connectivity index (χ0n) is 17.0. The Kier molecular flexibility index (Phi) is 4.57. The highest BCUT2D eigenvalue weighted by Gasteiger charge is 2.28. The summed E-state index contributed by atoms with van der Waals surface area (Å²) in [5.41, 5.74) is 2.91. The van der Waals surface area contributed by atoms with E-state index in [4.69, 9.17) is 9.47 Å². The Labute approximate surface area is 169 Å². The Hall–Kier alpha value is -3.28. The van der Waals surface area contributed by atoms with Crippen LogP contribution in [0.15, 0.2) is 42.5 Å². The Morgan fingerprint density at radius 3 is 2.69 bits per heavy atom. The van der Waals surface area contributed by atoms with Crippen molar-refractivity contribution in [2.24, 2.45) is 0 Å². The number of aromatic nitrogens is 1. The number of hydrogen-bond donors (Lipinski definition) is 1. The normalized spacial score (nSPS) is 13.3. The molecule has 6 heteroatoms. The molecule has 0 fully saturated rings. The third-order valence-electron chi connectivity index (χ3n) is 4.75. The van der Waals surface area contributed by atoms with Crippen molar-refractivity contribution >= 4 is 22.9 Å². The molecule has 150 valence electrons. The van der Waals surface area contributed by atoms with Crippen LogP contribution in [0.4, 0.5) is 4.79 Å². The lowest BCUT2D eigenvalue weighted by Crippen LogP contribution is -2.27. The summed E-state index contributed by atoms with van der Waals surface area (Å²) in [6, 6.07) is 13.2. The molecular formula is C23H24N2O4. The second kappa shape index (κ2) is 6.95. The van der Waals surface area contributed by atoms with Crippen LogP contribution in [0.2, 0.25) is 0 Å². The first kappa shape index (κ1) is 19.1. The van der Waals surface area contributed by atoms with E-state index in [2.05, 4.69) is 5.32 Å². The average molecular weight is 392 g/mol. The van der Waals surface area contributed by atoms with Crippen LogP contribution >= 0.6 is 0 Å². The smallest absolute Gasteiger partial charge is 0.419 e. The SMILES string of the molecule is CCOc1ccc2c(c1)cc(-c1cccc3c1C(=O)NC3)n2C(=O)OC(C)(C)C. The van der Waals surface area contributed by atoms with Crippen molar-refractivity contribution in [3.05, 3.63) is 53.6 Å². The molecule has 0 saturated carbocycles. The molecule has 1 N–H and O–H groups in total. The van der Waals surface area contributed by atoms with Crippen LogP contribution in [0.25, 0.3) is 22.2 Å². The minimum absolute atomic E-state index is 0.133. The maximum atomic E-state index is 13.1. The standard InChI is InChI=1S/C23H24N2O4/c1-5-28-16-9-10-18-15(11-16)12-19(25(18)22(27)29-23(2,3)4)17-8-6-7-14-13-24-21(26)20(14)17/h6-12H,5,13H2,1-4H3,(H,24,26). The number of amides is 1. The lowest BCUT2D eigenvalue weighted by molar-refractivity contribution is 0.0547. The highest BCUT2D eigenvalue weighted by molar-refractivity contribution is 6.06. The number of ether oxygens (including phenoxy) is 2. The van der Waals surface area contributed by atoms with E-state index in [1.165, 1.54) is 4.57 Å². The number of carbonyl (C=O) groups excluding carboxylic acids is 2. The summed E-state index contributed by atoms with van der Waals surface area (Å²) < 4.78 is 12.8. The Morgan fingerprint density at radius 1 is 1.17 bits per heavy atom. The van der Waals surface area contributed by atoms with Crippen LogP contribution in [0.3, 0.4) is 0 Å². The largest absolute Gasteiger partial charge is 0.494 e. The third-order valence-corrected chi connectivity index (χ3v) is 4.75. The minimum atomic E-state index is -0.647. The fourth-order valence-corrected chi connectivity index (χ4v) is 3.65. The van der Waals surface area contributed by atoms with E-state index in [1.54, 1.807) is 0 Å². The zero-order chi connectivity index (χ0) is 20.8. The van der Waals surface area contributed by atoms with E-state index in [9.17, 15) is 9.59 Å². The van der Waals surface area contributed by atoms with Gasteiger partial charge in [-0.2, -0.15) is 0 Å². The first-order valence-corrected chi connectivity index (χ1v) is 9.70. The molecule has 1 aliphatic heterocycles. The second-order valence-electron chi connectivity index (χ2n) is 8.02. The van der Waals surface area contributed by atoms with Crippen molar-refractivity contribution in [1.29, 1.82) is 0 Å². The molecule has 0 aliphatic carbocycles. The first-order valence-electron chi connectivity index (χ1n) is 9.70. The molecule has 0 saturated heterocycles. The molecule has 0 bridgehead atoms. The Bertz CT molecular complexity index is 1120. The van der Waals surface area contributed by atoms with E-state index in [0.717, 1.165) is 16.7 Å². The third kappa shape index (κ3) is 3.46. The molecule has 0 radical (unpaired) electrons. The van der Waals surface area contributed by atoms with Gasteiger partial charge >= 0.3 is 6.09 Å². The minimum Gasteiger partial charge on any atom is -0.494 e. The van der Waals surface area contributed by atoms with E-state index in [-0.39, 0.29) is 5.91 Å². The summed E-state index contributed by atoms with van der Waals surface area (Å²) in [7, 11) is 0. The molecule has 29 heavy (non-hydrogen) atoms. The van der Waals surface area contributed by atoms with Gasteiger partial charge in [0.1, 0.15) is 11.4 Å². The summed E-state index contributed by atoms with van der Waals surface area (Å²) >= 11 is 0. The van der Waals surface area contributed by atoms with E-state index < -0.39 is 11.7 Å². The molecule has 0 unspecified atom stereocenters. The number of benzene rings is 2. The Balaban J connectivity index is 1.96. The van der Waals surface area contributed by atoms with Gasteiger partial charge in [0, 0.05) is 17.5 Å². The van der Waals surface area contributed by atoms with Gasteiger partial charge < -0.3 is 14.8 Å². The molecule has 0 atom stereocenters. The molecule has 3 aromatic rings. The van der Waals surface area contributed by atoms with Crippen molar-refractivity contribution in [1.82, 2.24) is 9.88 Å². The number of hydrogen-bond acceptors (Lipinski definition) is 4. The van der Waals surface area contributed by atoms with E-state index >= 15 is 0 Å². The maximum absolute atomic E-state index is 13.1. The monoisotopic (exact) mass is 392 g/mol. The number of rotatable bonds is 3. The molecule has 0 spiro atoms. The fraction of sp³-hybridized carbons (Fsp3) is 0.304. The van der Waals surface area contributed by atoms with Crippen LogP contribution in [0.1, 0.15) is 43.6 Å². The summed E-state index contributed by atoms with van der Waals surface area (Å²) in [6.45, 7) is 8.46. The number of fused-ring (bicyclic) bond motifs is 2. The van der Waals surface area contributed by atoms with Gasteiger partial charge in [-0.15, -0.1) is 0 Å². The van der Waals surface area contributed by atoms with Crippen molar-refractivity contribution in [3.8, 4) is 17.0 Å². The van der Waals surface area contributed by atoms with E-state index in [0.29, 0.717) is 35.5 Å². The van der Waals surface area contributed by atoms with Crippen LogP contribution in [0.5, 0.6) is 5.75 Å². The average Bonchev–Trinajstić information content (AvgIpc) is 3.21.